The third-order valence-electron chi connectivity index (χ3n) is 6.55. The summed E-state index contributed by atoms with van der Waals surface area (Å²) >= 11 is 6.04. The van der Waals surface area contributed by atoms with Crippen LogP contribution in [0, 0.1) is 0 Å². The molecule has 0 aliphatic heterocycles. The molecule has 0 unspecified atom stereocenters. The van der Waals surface area contributed by atoms with Gasteiger partial charge in [-0.25, -0.2) is 19.6 Å². The molecule has 0 bridgehead atoms. The molecule has 2 aromatic heterocycles. The van der Waals surface area contributed by atoms with Gasteiger partial charge < -0.3 is 20.3 Å². The monoisotopic (exact) mass is 622 g/mol. The Morgan fingerprint density at radius 3 is 2.50 bits per heavy atom. The molecule has 9 nitrogen and oxygen atoms in total. The van der Waals surface area contributed by atoms with Crippen LogP contribution in [-0.2, 0) is 17.5 Å². The Labute approximate surface area is 255 Å². The number of rotatable bonds is 8. The average Bonchev–Trinajstić information content (AvgIpc) is 3.42. The first-order valence-corrected chi connectivity index (χ1v) is 13.8. The second-order valence-corrected chi connectivity index (χ2v) is 10.1. The van der Waals surface area contributed by atoms with Gasteiger partial charge in [0.1, 0.15) is 0 Å². The van der Waals surface area contributed by atoms with Gasteiger partial charge in [-0.2, -0.15) is 13.2 Å². The summed E-state index contributed by atoms with van der Waals surface area (Å²) < 4.78 is 46.9. The van der Waals surface area contributed by atoms with Crippen molar-refractivity contribution in [2.75, 3.05) is 29.2 Å². The molecule has 5 rings (SSSR count). The van der Waals surface area contributed by atoms with Gasteiger partial charge in [0, 0.05) is 36.1 Å². The molecule has 0 fully saturated rings. The zero-order chi connectivity index (χ0) is 31.4. The van der Waals surface area contributed by atoms with Crippen molar-refractivity contribution >= 4 is 46.4 Å². The summed E-state index contributed by atoms with van der Waals surface area (Å²) in [5, 5.41) is 5.45. The molecule has 0 saturated heterocycles. The van der Waals surface area contributed by atoms with Crippen molar-refractivity contribution in [3.05, 3.63) is 107 Å². The molecule has 2 amide bonds. The number of para-hydroxylation sites is 1. The van der Waals surface area contributed by atoms with Crippen molar-refractivity contribution < 1.29 is 27.5 Å². The smallest absolute Gasteiger partial charge is 0.418 e. The molecule has 2 heterocycles. The van der Waals surface area contributed by atoms with Crippen molar-refractivity contribution in [2.45, 2.75) is 19.6 Å². The minimum Gasteiger partial charge on any atom is -0.461 e. The number of alkyl halides is 3. The Bertz CT molecular complexity index is 1830. The van der Waals surface area contributed by atoms with E-state index in [1.54, 1.807) is 53.9 Å². The van der Waals surface area contributed by atoms with Gasteiger partial charge in [0.15, 0.2) is 17.2 Å². The van der Waals surface area contributed by atoms with E-state index in [0.717, 1.165) is 11.6 Å². The number of anilines is 3. The summed E-state index contributed by atoms with van der Waals surface area (Å²) in [6, 6.07) is 17.8. The van der Waals surface area contributed by atoms with Gasteiger partial charge in [-0.3, -0.25) is 4.40 Å². The summed E-state index contributed by atoms with van der Waals surface area (Å²) in [7, 11) is 1.83. The Kier molecular flexibility index (Phi) is 8.72. The first-order valence-electron chi connectivity index (χ1n) is 13.4. The van der Waals surface area contributed by atoms with E-state index >= 15 is 0 Å². The quantitative estimate of drug-likeness (QED) is 0.174. The number of nitrogens with zero attached hydrogens (tertiary/aromatic N) is 4. The van der Waals surface area contributed by atoms with E-state index in [2.05, 4.69) is 15.6 Å². The van der Waals surface area contributed by atoms with Crippen molar-refractivity contribution in [2.24, 2.45) is 0 Å². The highest BCUT2D eigenvalue weighted by Gasteiger charge is 2.33. The molecule has 3 aromatic carbocycles. The van der Waals surface area contributed by atoms with Crippen LogP contribution in [0.3, 0.4) is 0 Å². The fourth-order valence-corrected chi connectivity index (χ4v) is 4.67. The minimum absolute atomic E-state index is 0.177. The SMILES string of the molecule is CCOC(=O)c1cnc2c(N(C)Cc3ccc(Cl)cc3)nc(-c3cccc(NC(=O)Nc4ccccc4C(F)(F)F)c3)cn12. The number of halogens is 4. The molecule has 13 heteroatoms. The number of benzene rings is 3. The minimum atomic E-state index is -4.64. The molecule has 5 aromatic rings. The number of esters is 1. The van der Waals surface area contributed by atoms with Gasteiger partial charge in [0.2, 0.25) is 0 Å². The molecule has 0 radical (unpaired) electrons. The summed E-state index contributed by atoms with van der Waals surface area (Å²) in [5.74, 6) is -0.0949. The van der Waals surface area contributed by atoms with Crippen LogP contribution in [0.4, 0.5) is 35.2 Å². The van der Waals surface area contributed by atoms with Gasteiger partial charge in [-0.1, -0.05) is 48.0 Å². The lowest BCUT2D eigenvalue weighted by Gasteiger charge is -2.20. The van der Waals surface area contributed by atoms with Gasteiger partial charge in [-0.15, -0.1) is 0 Å². The lowest BCUT2D eigenvalue weighted by Crippen LogP contribution is -2.22. The molecule has 2 N–H and O–H groups in total. The number of carbonyl (C=O) groups excluding carboxylic acids is 2. The molecule has 44 heavy (non-hydrogen) atoms. The number of hydrogen-bond acceptors (Lipinski definition) is 6. The second-order valence-electron chi connectivity index (χ2n) is 9.69. The standard InChI is InChI=1S/C31H26ClF3N6O3/c1-3-44-29(42)26-16-36-27-28(40(2)17-19-11-13-21(32)14-12-19)38-25(18-41(26)27)20-7-6-8-22(15-20)37-30(43)39-24-10-5-4-9-23(24)31(33,34)35/h4-16,18H,3,17H2,1-2H3,(H2,37,39,43). The number of carbonyl (C=O) groups is 2. The molecule has 0 atom stereocenters. The molecule has 0 aliphatic carbocycles. The van der Waals surface area contributed by atoms with Crippen LogP contribution < -0.4 is 15.5 Å². The highest BCUT2D eigenvalue weighted by molar-refractivity contribution is 6.30. The highest BCUT2D eigenvalue weighted by Crippen LogP contribution is 2.35. The lowest BCUT2D eigenvalue weighted by atomic mass is 10.1. The van der Waals surface area contributed by atoms with E-state index in [4.69, 9.17) is 21.3 Å². The normalized spacial score (nSPS) is 11.3. The van der Waals surface area contributed by atoms with Gasteiger partial charge in [0.05, 0.1) is 29.7 Å². The number of aromatic nitrogens is 3. The Morgan fingerprint density at radius 2 is 1.77 bits per heavy atom. The molecular formula is C31H26ClF3N6O3. The maximum absolute atomic E-state index is 13.4. The average molecular weight is 623 g/mol. The largest absolute Gasteiger partial charge is 0.461 e. The predicted molar refractivity (Wildman–Crippen MR) is 162 cm³/mol. The highest BCUT2D eigenvalue weighted by atomic mass is 35.5. The third kappa shape index (κ3) is 6.76. The first-order chi connectivity index (χ1) is 21.0. The summed E-state index contributed by atoms with van der Waals surface area (Å²) in [5.41, 5.74) is 1.54. The lowest BCUT2D eigenvalue weighted by molar-refractivity contribution is -0.136. The van der Waals surface area contributed by atoms with Crippen molar-refractivity contribution in [3.63, 3.8) is 0 Å². The topological polar surface area (TPSA) is 101 Å². The predicted octanol–water partition coefficient (Wildman–Crippen LogP) is 7.53. The number of hydrogen-bond donors (Lipinski definition) is 2. The molecule has 0 saturated carbocycles. The maximum atomic E-state index is 13.4. The van der Waals surface area contributed by atoms with E-state index in [-0.39, 0.29) is 18.0 Å². The van der Waals surface area contributed by atoms with E-state index in [1.165, 1.54) is 24.4 Å². The zero-order valence-corrected chi connectivity index (χ0v) is 24.3. The fourth-order valence-electron chi connectivity index (χ4n) is 4.54. The van der Waals surface area contributed by atoms with E-state index in [0.29, 0.717) is 40.0 Å². The number of urea groups is 1. The summed E-state index contributed by atoms with van der Waals surface area (Å²) in [6.07, 6.45) is -1.59. The Balaban J connectivity index is 1.48. The molecule has 226 valence electrons. The third-order valence-corrected chi connectivity index (χ3v) is 6.80. The number of imidazole rings is 1. The first kappa shape index (κ1) is 30.4. The summed E-state index contributed by atoms with van der Waals surface area (Å²) in [4.78, 5) is 36.6. The van der Waals surface area contributed by atoms with Crippen LogP contribution in [0.25, 0.3) is 16.9 Å². The van der Waals surface area contributed by atoms with Crippen LogP contribution in [0.2, 0.25) is 5.02 Å². The van der Waals surface area contributed by atoms with Crippen LogP contribution in [0.15, 0.2) is 85.2 Å². The van der Waals surface area contributed by atoms with Crippen molar-refractivity contribution in [1.82, 2.24) is 14.4 Å². The van der Waals surface area contributed by atoms with E-state index in [1.807, 2.05) is 24.1 Å². The number of nitrogens with one attached hydrogen (secondary N) is 2. The summed E-state index contributed by atoms with van der Waals surface area (Å²) in [6.45, 7) is 2.33. The fraction of sp³-hybridized carbons (Fsp3) is 0.161. The Hall–Kier alpha value is -5.10. The van der Waals surface area contributed by atoms with Crippen LogP contribution >= 0.6 is 11.6 Å². The number of amides is 2. The van der Waals surface area contributed by atoms with Gasteiger partial charge in [-0.05, 0) is 48.9 Å². The molecule has 0 spiro atoms. The molecule has 0 aliphatic rings. The van der Waals surface area contributed by atoms with Crippen LogP contribution in [0.1, 0.15) is 28.5 Å². The van der Waals surface area contributed by atoms with E-state index in [9.17, 15) is 22.8 Å². The van der Waals surface area contributed by atoms with Gasteiger partial charge in [0.25, 0.3) is 0 Å². The van der Waals surface area contributed by atoms with Crippen molar-refractivity contribution in [3.8, 4) is 11.3 Å². The Morgan fingerprint density at radius 1 is 1.02 bits per heavy atom. The molecular weight excluding hydrogens is 597 g/mol. The number of fused-ring (bicyclic) bond motifs is 1. The van der Waals surface area contributed by atoms with Crippen LogP contribution in [-0.4, -0.2) is 40.0 Å². The van der Waals surface area contributed by atoms with E-state index < -0.39 is 23.7 Å². The zero-order valence-electron chi connectivity index (χ0n) is 23.5. The van der Waals surface area contributed by atoms with Gasteiger partial charge >= 0.3 is 18.2 Å². The maximum Gasteiger partial charge on any atom is 0.418 e. The number of ether oxygens (including phenoxy) is 1. The van der Waals surface area contributed by atoms with Crippen molar-refractivity contribution in [1.29, 1.82) is 0 Å². The second kappa shape index (κ2) is 12.6. The van der Waals surface area contributed by atoms with Crippen LogP contribution in [0.5, 0.6) is 0 Å².